The van der Waals surface area contributed by atoms with Gasteiger partial charge in [0.25, 0.3) is 0 Å². The highest BCUT2D eigenvalue weighted by Gasteiger charge is 2.22. The fourth-order valence-electron chi connectivity index (χ4n) is 1.65. The first-order valence-electron chi connectivity index (χ1n) is 6.40. The van der Waals surface area contributed by atoms with E-state index in [1.165, 1.54) is 6.07 Å². The third kappa shape index (κ3) is 3.90. The molecule has 2 unspecified atom stereocenters. The van der Waals surface area contributed by atoms with Gasteiger partial charge in [-0.25, -0.2) is 4.79 Å². The minimum absolute atomic E-state index is 0.108. The van der Waals surface area contributed by atoms with Gasteiger partial charge in [0.05, 0.1) is 16.4 Å². The minimum Gasteiger partial charge on any atom is -0.478 e. The van der Waals surface area contributed by atoms with Gasteiger partial charge in [-0.2, -0.15) is 0 Å². The molecule has 0 saturated carbocycles. The summed E-state index contributed by atoms with van der Waals surface area (Å²) in [6.45, 7) is 5.71. The second-order valence-electron chi connectivity index (χ2n) is 4.51. The van der Waals surface area contributed by atoms with Crippen LogP contribution in [-0.4, -0.2) is 33.0 Å². The predicted octanol–water partition coefficient (Wildman–Crippen LogP) is 1.72. The van der Waals surface area contributed by atoms with Crippen molar-refractivity contribution in [2.45, 2.75) is 37.3 Å². The van der Waals surface area contributed by atoms with Crippen LogP contribution in [0, 0.1) is 6.92 Å². The highest BCUT2D eigenvalue weighted by Crippen LogP contribution is 2.17. The number of benzene rings is 1. The molecule has 1 aromatic rings. The number of carboxylic acids is 1. The molecule has 0 saturated heterocycles. The van der Waals surface area contributed by atoms with Gasteiger partial charge in [0.2, 0.25) is 5.91 Å². The van der Waals surface area contributed by atoms with Crippen LogP contribution in [0.2, 0.25) is 0 Å². The summed E-state index contributed by atoms with van der Waals surface area (Å²) in [5.41, 5.74) is 0.707. The van der Waals surface area contributed by atoms with Crippen LogP contribution in [0.1, 0.15) is 36.2 Å². The van der Waals surface area contributed by atoms with Crippen molar-refractivity contribution < 1.29 is 18.9 Å². The summed E-state index contributed by atoms with van der Waals surface area (Å²) in [5, 5.41) is 11.0. The smallest absolute Gasteiger partial charge is 0.335 e. The maximum absolute atomic E-state index is 12.3. The van der Waals surface area contributed by atoms with Crippen molar-refractivity contribution in [2.75, 3.05) is 6.54 Å². The first-order chi connectivity index (χ1) is 9.38. The number of carboxylic acid groups (broad SMARTS) is 1. The summed E-state index contributed by atoms with van der Waals surface area (Å²) in [7, 11) is -1.57. The number of carbonyl (C=O) groups is 2. The Morgan fingerprint density at radius 1 is 1.40 bits per heavy atom. The van der Waals surface area contributed by atoms with E-state index in [4.69, 9.17) is 5.11 Å². The number of aromatic carboxylic acids is 1. The van der Waals surface area contributed by atoms with Crippen molar-refractivity contribution in [2.24, 2.45) is 0 Å². The van der Waals surface area contributed by atoms with Crippen LogP contribution in [-0.2, 0) is 15.6 Å². The Labute approximate surface area is 120 Å². The Morgan fingerprint density at radius 2 is 2.05 bits per heavy atom. The minimum atomic E-state index is -1.57. The van der Waals surface area contributed by atoms with Gasteiger partial charge in [-0.15, -0.1) is 0 Å². The molecule has 6 heteroatoms. The zero-order valence-corrected chi connectivity index (χ0v) is 12.6. The van der Waals surface area contributed by atoms with E-state index in [0.29, 0.717) is 17.0 Å². The topological polar surface area (TPSA) is 83.5 Å². The molecule has 0 bridgehead atoms. The van der Waals surface area contributed by atoms with Gasteiger partial charge < -0.3 is 10.4 Å². The van der Waals surface area contributed by atoms with Crippen molar-refractivity contribution in [3.8, 4) is 0 Å². The monoisotopic (exact) mass is 297 g/mol. The molecular weight excluding hydrogens is 278 g/mol. The molecule has 5 nitrogen and oxygen atoms in total. The normalized spacial score (nSPS) is 13.6. The van der Waals surface area contributed by atoms with Crippen molar-refractivity contribution in [1.82, 2.24) is 5.32 Å². The fourth-order valence-corrected chi connectivity index (χ4v) is 2.77. The molecule has 0 fully saturated rings. The number of hydrogen-bond acceptors (Lipinski definition) is 3. The maximum Gasteiger partial charge on any atom is 0.335 e. The van der Waals surface area contributed by atoms with Crippen LogP contribution < -0.4 is 5.32 Å². The number of rotatable bonds is 6. The fraction of sp³-hybridized carbons (Fsp3) is 0.429. The van der Waals surface area contributed by atoms with E-state index >= 15 is 0 Å². The third-order valence-corrected chi connectivity index (χ3v) is 4.49. The van der Waals surface area contributed by atoms with Gasteiger partial charge >= 0.3 is 5.97 Å². The maximum atomic E-state index is 12.3. The van der Waals surface area contributed by atoms with Crippen LogP contribution >= 0.6 is 0 Å². The molecule has 1 amide bonds. The molecule has 0 aromatic heterocycles. The predicted molar refractivity (Wildman–Crippen MR) is 77.3 cm³/mol. The van der Waals surface area contributed by atoms with E-state index in [9.17, 15) is 13.8 Å². The van der Waals surface area contributed by atoms with Crippen LogP contribution in [0.15, 0.2) is 23.1 Å². The van der Waals surface area contributed by atoms with E-state index in [1.807, 2.05) is 6.92 Å². The Kier molecular flexibility index (Phi) is 5.88. The Morgan fingerprint density at radius 3 is 2.60 bits per heavy atom. The van der Waals surface area contributed by atoms with Crippen molar-refractivity contribution >= 4 is 22.7 Å². The Hall–Kier alpha value is -1.69. The molecule has 1 aromatic carbocycles. The zero-order valence-electron chi connectivity index (χ0n) is 11.8. The molecule has 0 aliphatic carbocycles. The molecule has 20 heavy (non-hydrogen) atoms. The molecule has 1 rings (SSSR count). The van der Waals surface area contributed by atoms with Gasteiger partial charge in [0, 0.05) is 11.4 Å². The molecule has 0 aliphatic heterocycles. The second kappa shape index (κ2) is 7.19. The SMILES string of the molecule is CCCNC(=O)C(C)S(=O)c1ccc(C)c(C(=O)O)c1. The Balaban J connectivity index is 2.94. The summed E-state index contributed by atoms with van der Waals surface area (Å²) in [5.74, 6) is -1.35. The quantitative estimate of drug-likeness (QED) is 0.837. The summed E-state index contributed by atoms with van der Waals surface area (Å²) in [4.78, 5) is 23.2. The first-order valence-corrected chi connectivity index (χ1v) is 7.62. The van der Waals surface area contributed by atoms with Gasteiger partial charge in [-0.1, -0.05) is 13.0 Å². The third-order valence-electron chi connectivity index (χ3n) is 2.91. The van der Waals surface area contributed by atoms with Crippen LogP contribution in [0.4, 0.5) is 0 Å². The van der Waals surface area contributed by atoms with E-state index in [-0.39, 0.29) is 11.5 Å². The first kappa shape index (κ1) is 16.4. The van der Waals surface area contributed by atoms with Gasteiger partial charge in [-0.05, 0) is 38.0 Å². The molecule has 0 aliphatic rings. The van der Waals surface area contributed by atoms with Crippen LogP contribution in [0.5, 0.6) is 0 Å². The second-order valence-corrected chi connectivity index (χ2v) is 6.29. The molecule has 2 N–H and O–H groups in total. The van der Waals surface area contributed by atoms with Gasteiger partial charge in [0.15, 0.2) is 0 Å². The molecule has 0 spiro atoms. The highest BCUT2D eigenvalue weighted by atomic mass is 32.2. The van der Waals surface area contributed by atoms with Gasteiger partial charge in [-0.3, -0.25) is 9.00 Å². The summed E-state index contributed by atoms with van der Waals surface area (Å²) < 4.78 is 12.3. The number of aryl methyl sites for hydroxylation is 1. The summed E-state index contributed by atoms with van der Waals surface area (Å²) in [6, 6.07) is 4.58. The molecule has 0 radical (unpaired) electrons. The van der Waals surface area contributed by atoms with Crippen LogP contribution in [0.3, 0.4) is 0 Å². The molecule has 0 heterocycles. The van der Waals surface area contributed by atoms with E-state index in [2.05, 4.69) is 5.32 Å². The van der Waals surface area contributed by atoms with Crippen molar-refractivity contribution in [1.29, 1.82) is 0 Å². The van der Waals surface area contributed by atoms with Gasteiger partial charge in [0.1, 0.15) is 5.25 Å². The van der Waals surface area contributed by atoms with E-state index in [1.54, 1.807) is 26.0 Å². The number of hydrogen-bond donors (Lipinski definition) is 2. The lowest BCUT2D eigenvalue weighted by molar-refractivity contribution is -0.120. The summed E-state index contributed by atoms with van der Waals surface area (Å²) >= 11 is 0. The average molecular weight is 297 g/mol. The standard InChI is InChI=1S/C14H19NO4S/c1-4-7-15-13(16)10(3)20(19)11-6-5-9(2)12(8-11)14(17)18/h5-6,8,10H,4,7H2,1-3H3,(H,15,16)(H,17,18). The average Bonchev–Trinajstić information content (AvgIpc) is 2.43. The lowest BCUT2D eigenvalue weighted by Crippen LogP contribution is -2.35. The number of carbonyl (C=O) groups excluding carboxylic acids is 1. The number of amides is 1. The number of nitrogens with one attached hydrogen (secondary N) is 1. The Bertz CT molecular complexity index is 542. The van der Waals surface area contributed by atoms with Crippen molar-refractivity contribution in [3.63, 3.8) is 0 Å². The van der Waals surface area contributed by atoms with Crippen molar-refractivity contribution in [3.05, 3.63) is 29.3 Å². The summed E-state index contributed by atoms with van der Waals surface area (Å²) in [6.07, 6.45) is 0.804. The molecule has 110 valence electrons. The molecule has 2 atom stereocenters. The largest absolute Gasteiger partial charge is 0.478 e. The van der Waals surface area contributed by atoms with Crippen LogP contribution in [0.25, 0.3) is 0 Å². The van der Waals surface area contributed by atoms with E-state index in [0.717, 1.165) is 6.42 Å². The molecular formula is C14H19NO4S. The lowest BCUT2D eigenvalue weighted by Gasteiger charge is -2.12. The highest BCUT2D eigenvalue weighted by molar-refractivity contribution is 7.86. The van der Waals surface area contributed by atoms with E-state index < -0.39 is 22.0 Å². The lowest BCUT2D eigenvalue weighted by atomic mass is 10.1. The zero-order chi connectivity index (χ0) is 15.3.